The number of nitrogens with two attached hydrogens (primary N) is 1. The lowest BCUT2D eigenvalue weighted by molar-refractivity contribution is 0.342. The molecule has 1 aromatic heterocycles. The normalized spacial score (nSPS) is 10.4. The molecule has 0 aliphatic heterocycles. The number of hydrogen-bond donors (Lipinski definition) is 3. The topological polar surface area (TPSA) is 85.1 Å². The summed E-state index contributed by atoms with van der Waals surface area (Å²) in [5.74, 6) is 1.83. The average molecular weight is 349 g/mol. The highest BCUT2D eigenvalue weighted by molar-refractivity contribution is 5.81. The van der Waals surface area contributed by atoms with Crippen LogP contribution in [0.3, 0.4) is 0 Å². The summed E-state index contributed by atoms with van der Waals surface area (Å²) in [6.45, 7) is 4.66. The monoisotopic (exact) mass is 349 g/mol. The zero-order valence-electron chi connectivity index (χ0n) is 15.0. The quantitative estimate of drug-likeness (QED) is 0.582. The Kier molecular flexibility index (Phi) is 5.53. The first-order valence-electron chi connectivity index (χ1n) is 8.66. The summed E-state index contributed by atoms with van der Waals surface area (Å²) in [7, 11) is 0. The van der Waals surface area contributed by atoms with Crippen LogP contribution in [0.4, 0.5) is 28.7 Å². The van der Waals surface area contributed by atoms with E-state index in [0.29, 0.717) is 23.9 Å². The van der Waals surface area contributed by atoms with Gasteiger partial charge in [0.05, 0.1) is 12.3 Å². The van der Waals surface area contributed by atoms with Gasteiger partial charge in [0.15, 0.2) is 11.6 Å². The fourth-order valence-corrected chi connectivity index (χ4v) is 2.53. The van der Waals surface area contributed by atoms with Crippen molar-refractivity contribution >= 4 is 28.7 Å². The van der Waals surface area contributed by atoms with Gasteiger partial charge in [-0.05, 0) is 43.2 Å². The number of benzene rings is 2. The molecule has 4 N–H and O–H groups in total. The maximum absolute atomic E-state index is 6.27. The van der Waals surface area contributed by atoms with Gasteiger partial charge in [-0.2, -0.15) is 0 Å². The van der Waals surface area contributed by atoms with Gasteiger partial charge in [-0.15, -0.1) is 0 Å². The first kappa shape index (κ1) is 17.5. The molecule has 3 aromatic rings. The number of para-hydroxylation sites is 2. The third-order valence-electron chi connectivity index (χ3n) is 3.95. The Hall–Kier alpha value is -3.28. The van der Waals surface area contributed by atoms with Gasteiger partial charge in [0.25, 0.3) is 0 Å². The van der Waals surface area contributed by atoms with Crippen LogP contribution in [-0.4, -0.2) is 16.6 Å². The molecule has 0 saturated heterocycles. The van der Waals surface area contributed by atoms with Crippen molar-refractivity contribution < 1.29 is 4.74 Å². The van der Waals surface area contributed by atoms with Crippen molar-refractivity contribution in [1.82, 2.24) is 9.97 Å². The minimum absolute atomic E-state index is 0.443. The van der Waals surface area contributed by atoms with Gasteiger partial charge in [-0.25, -0.2) is 9.97 Å². The predicted octanol–water partition coefficient (Wildman–Crippen LogP) is 4.51. The Balaban J connectivity index is 1.83. The SMILES string of the molecule is CCOc1ccccc1Nc1ncnc(Nc2ccc(CC)cc2)c1N. The van der Waals surface area contributed by atoms with Crippen LogP contribution < -0.4 is 21.1 Å². The van der Waals surface area contributed by atoms with E-state index in [1.165, 1.54) is 11.9 Å². The first-order valence-corrected chi connectivity index (χ1v) is 8.66. The molecule has 0 aliphatic rings. The minimum Gasteiger partial charge on any atom is -0.492 e. The Labute approximate surface area is 153 Å². The minimum atomic E-state index is 0.443. The average Bonchev–Trinajstić information content (AvgIpc) is 2.67. The fraction of sp³-hybridized carbons (Fsp3) is 0.200. The molecule has 0 bridgehead atoms. The van der Waals surface area contributed by atoms with Crippen LogP contribution in [-0.2, 0) is 6.42 Å². The summed E-state index contributed by atoms with van der Waals surface area (Å²) in [6, 6.07) is 15.9. The summed E-state index contributed by atoms with van der Waals surface area (Å²) in [4.78, 5) is 8.52. The molecule has 134 valence electrons. The van der Waals surface area contributed by atoms with E-state index in [1.807, 2.05) is 43.3 Å². The van der Waals surface area contributed by atoms with E-state index in [2.05, 4.69) is 39.7 Å². The Morgan fingerprint density at radius 2 is 1.62 bits per heavy atom. The lowest BCUT2D eigenvalue weighted by Crippen LogP contribution is -2.06. The fourth-order valence-electron chi connectivity index (χ4n) is 2.53. The molecule has 0 fully saturated rings. The third kappa shape index (κ3) is 4.03. The van der Waals surface area contributed by atoms with Crippen LogP contribution in [0.1, 0.15) is 19.4 Å². The van der Waals surface area contributed by atoms with Crippen molar-refractivity contribution in [2.24, 2.45) is 0 Å². The van der Waals surface area contributed by atoms with Crippen molar-refractivity contribution in [2.45, 2.75) is 20.3 Å². The van der Waals surface area contributed by atoms with E-state index in [4.69, 9.17) is 10.5 Å². The highest BCUT2D eigenvalue weighted by atomic mass is 16.5. The summed E-state index contributed by atoms with van der Waals surface area (Å²) >= 11 is 0. The Morgan fingerprint density at radius 1 is 0.923 bits per heavy atom. The second-order valence-electron chi connectivity index (χ2n) is 5.71. The van der Waals surface area contributed by atoms with E-state index >= 15 is 0 Å². The molecule has 0 atom stereocenters. The molecule has 6 heteroatoms. The summed E-state index contributed by atoms with van der Waals surface area (Å²) in [6.07, 6.45) is 2.48. The molecule has 2 aromatic carbocycles. The van der Waals surface area contributed by atoms with Gasteiger partial charge in [-0.3, -0.25) is 0 Å². The van der Waals surface area contributed by atoms with Crippen molar-refractivity contribution in [3.05, 3.63) is 60.4 Å². The zero-order valence-corrected chi connectivity index (χ0v) is 15.0. The molecule has 0 aliphatic carbocycles. The van der Waals surface area contributed by atoms with Crippen LogP contribution in [0.5, 0.6) is 5.75 Å². The number of nitrogens with zero attached hydrogens (tertiary/aromatic N) is 2. The molecule has 1 heterocycles. The lowest BCUT2D eigenvalue weighted by Gasteiger charge is -2.15. The van der Waals surface area contributed by atoms with Crippen LogP contribution in [0.15, 0.2) is 54.9 Å². The summed E-state index contributed by atoms with van der Waals surface area (Å²) in [5, 5.41) is 6.47. The number of ether oxygens (including phenoxy) is 1. The number of nitrogens with one attached hydrogen (secondary N) is 2. The molecular formula is C20H23N5O. The van der Waals surface area contributed by atoms with Crippen LogP contribution in [0, 0.1) is 0 Å². The van der Waals surface area contributed by atoms with Crippen LogP contribution in [0.2, 0.25) is 0 Å². The van der Waals surface area contributed by atoms with Gasteiger partial charge in [0.2, 0.25) is 0 Å². The molecule has 0 unspecified atom stereocenters. The van der Waals surface area contributed by atoms with Gasteiger partial charge < -0.3 is 21.1 Å². The molecule has 0 spiro atoms. The standard InChI is InChI=1S/C20H23N5O/c1-3-14-9-11-15(12-10-14)24-19-18(21)20(23-13-22-19)25-16-7-5-6-8-17(16)26-4-2/h5-13H,3-4,21H2,1-2H3,(H2,22,23,24,25). The van der Waals surface area contributed by atoms with Crippen molar-refractivity contribution in [2.75, 3.05) is 23.0 Å². The molecular weight excluding hydrogens is 326 g/mol. The number of anilines is 5. The van der Waals surface area contributed by atoms with Crippen molar-refractivity contribution in [3.8, 4) is 5.75 Å². The smallest absolute Gasteiger partial charge is 0.159 e. The van der Waals surface area contributed by atoms with Gasteiger partial charge in [-0.1, -0.05) is 31.2 Å². The molecule has 3 rings (SSSR count). The number of aromatic nitrogens is 2. The van der Waals surface area contributed by atoms with Crippen LogP contribution >= 0.6 is 0 Å². The van der Waals surface area contributed by atoms with E-state index in [1.54, 1.807) is 0 Å². The molecule has 0 amide bonds. The highest BCUT2D eigenvalue weighted by Crippen LogP contribution is 2.32. The second kappa shape index (κ2) is 8.20. The summed E-state index contributed by atoms with van der Waals surface area (Å²) < 4.78 is 5.63. The predicted molar refractivity (Wildman–Crippen MR) is 106 cm³/mol. The van der Waals surface area contributed by atoms with Gasteiger partial charge >= 0.3 is 0 Å². The first-order chi connectivity index (χ1) is 12.7. The molecule has 0 radical (unpaired) electrons. The molecule has 0 saturated carbocycles. The molecule has 26 heavy (non-hydrogen) atoms. The number of nitrogen functional groups attached to an aromatic ring is 1. The largest absolute Gasteiger partial charge is 0.492 e. The van der Waals surface area contributed by atoms with Gasteiger partial charge in [0, 0.05) is 5.69 Å². The molecule has 6 nitrogen and oxygen atoms in total. The maximum atomic E-state index is 6.27. The van der Waals surface area contributed by atoms with E-state index in [9.17, 15) is 0 Å². The number of aryl methyl sites for hydroxylation is 1. The van der Waals surface area contributed by atoms with E-state index in [0.717, 1.165) is 23.5 Å². The van der Waals surface area contributed by atoms with E-state index in [-0.39, 0.29) is 0 Å². The number of hydrogen-bond acceptors (Lipinski definition) is 6. The number of rotatable bonds is 7. The van der Waals surface area contributed by atoms with Crippen molar-refractivity contribution in [1.29, 1.82) is 0 Å². The zero-order chi connectivity index (χ0) is 18.4. The third-order valence-corrected chi connectivity index (χ3v) is 3.95. The van der Waals surface area contributed by atoms with E-state index < -0.39 is 0 Å². The second-order valence-corrected chi connectivity index (χ2v) is 5.71. The maximum Gasteiger partial charge on any atom is 0.159 e. The van der Waals surface area contributed by atoms with Gasteiger partial charge in [0.1, 0.15) is 17.8 Å². The Bertz CT molecular complexity index is 864. The lowest BCUT2D eigenvalue weighted by atomic mass is 10.1. The Morgan fingerprint density at radius 3 is 2.31 bits per heavy atom. The highest BCUT2D eigenvalue weighted by Gasteiger charge is 2.11. The summed E-state index contributed by atoms with van der Waals surface area (Å²) in [5.41, 5.74) is 9.72. The van der Waals surface area contributed by atoms with Crippen molar-refractivity contribution in [3.63, 3.8) is 0 Å². The van der Waals surface area contributed by atoms with Crippen LogP contribution in [0.25, 0.3) is 0 Å².